The fraction of sp³-hybridized carbons (Fsp3) is 0.800. The Labute approximate surface area is 228 Å². The largest absolute Gasteiger partial charge is 0.460 e. The van der Waals surface area contributed by atoms with Gasteiger partial charge in [0, 0.05) is 51.5 Å². The number of likely N-dealkylation sites (tertiary alicyclic amines) is 1. The van der Waals surface area contributed by atoms with Gasteiger partial charge in [-0.2, -0.15) is 0 Å². The highest BCUT2D eigenvalue weighted by atomic mass is 32.2. The molecule has 1 rings (SSSR count). The molecule has 1 fully saturated rings. The summed E-state index contributed by atoms with van der Waals surface area (Å²) in [6, 6.07) is 0. The summed E-state index contributed by atoms with van der Waals surface area (Å²) in [4.78, 5) is 61.0. The molecule has 0 aromatic rings. The van der Waals surface area contributed by atoms with Crippen LogP contribution < -0.4 is 5.32 Å². The number of rotatable bonds is 22. The number of aliphatic hydroxyl groups excluding tert-OH is 1. The molecule has 3 unspecified atom stereocenters. The van der Waals surface area contributed by atoms with Crippen molar-refractivity contribution in [3.8, 4) is 0 Å². The predicted octanol–water partition coefficient (Wildman–Crippen LogP) is 0.823. The van der Waals surface area contributed by atoms with Crippen LogP contribution in [0.15, 0.2) is 0 Å². The summed E-state index contributed by atoms with van der Waals surface area (Å²) in [7, 11) is 1.41. The molecule has 0 aromatic heterocycles. The van der Waals surface area contributed by atoms with Crippen molar-refractivity contribution in [2.24, 2.45) is 0 Å². The van der Waals surface area contributed by atoms with E-state index in [1.165, 1.54) is 23.8 Å². The highest BCUT2D eigenvalue weighted by Gasteiger charge is 2.38. The number of thioether (sulfide) groups is 1. The Hall–Kier alpha value is -2.06. The van der Waals surface area contributed by atoms with Crippen molar-refractivity contribution < 1.29 is 48.0 Å². The molecule has 1 saturated heterocycles. The van der Waals surface area contributed by atoms with Crippen LogP contribution in [0.25, 0.3) is 0 Å². The quantitative estimate of drug-likeness (QED) is 0.0833. The Morgan fingerprint density at radius 3 is 2.58 bits per heavy atom. The van der Waals surface area contributed by atoms with Gasteiger partial charge in [-0.25, -0.2) is 0 Å². The van der Waals surface area contributed by atoms with Gasteiger partial charge >= 0.3 is 5.97 Å². The fourth-order valence-electron chi connectivity index (χ4n) is 3.39. The van der Waals surface area contributed by atoms with Crippen LogP contribution in [0.3, 0.4) is 0 Å². The van der Waals surface area contributed by atoms with Crippen molar-refractivity contribution in [3.63, 3.8) is 0 Å². The van der Waals surface area contributed by atoms with E-state index in [9.17, 15) is 29.1 Å². The van der Waals surface area contributed by atoms with Crippen LogP contribution in [-0.4, -0.2) is 110 Å². The normalized spacial score (nSPS) is 16.9. The van der Waals surface area contributed by atoms with Gasteiger partial charge in [0.1, 0.15) is 12.4 Å². The number of amides is 3. The molecule has 12 nitrogen and oxygen atoms in total. The van der Waals surface area contributed by atoms with Crippen LogP contribution in [0.1, 0.15) is 58.8 Å². The number of esters is 1. The van der Waals surface area contributed by atoms with Crippen LogP contribution in [-0.2, 0) is 42.9 Å². The standard InChI is InChI=1S/C25H42N2O10S/c1-4-18(29)9-12-35-13-11-27-22(31)15-20(25(27)33)38-14-10-26-21(30)7-6-8-23(32)36-17-24(34-3)37-19(5-2)16-28/h19-20,24,28H,4-17H2,1-3H3,(H,26,30). The van der Waals surface area contributed by atoms with E-state index in [0.29, 0.717) is 38.0 Å². The third-order valence-corrected chi connectivity index (χ3v) is 6.97. The van der Waals surface area contributed by atoms with Gasteiger partial charge in [0.15, 0.2) is 6.29 Å². The molecule has 13 heteroatoms. The number of hydrogen-bond acceptors (Lipinski definition) is 11. The predicted molar refractivity (Wildman–Crippen MR) is 139 cm³/mol. The van der Waals surface area contributed by atoms with E-state index in [1.54, 1.807) is 6.92 Å². The molecular formula is C25H42N2O10S. The molecule has 1 aliphatic heterocycles. The second-order valence-electron chi connectivity index (χ2n) is 8.60. The van der Waals surface area contributed by atoms with Crippen molar-refractivity contribution in [2.45, 2.75) is 76.4 Å². The van der Waals surface area contributed by atoms with Gasteiger partial charge in [-0.05, 0) is 12.8 Å². The number of carbonyl (C=O) groups is 5. The number of aliphatic hydroxyl groups is 1. The Kier molecular flexibility index (Phi) is 17.8. The minimum atomic E-state index is -0.776. The highest BCUT2D eigenvalue weighted by molar-refractivity contribution is 8.00. The molecule has 3 amide bonds. The topological polar surface area (TPSA) is 158 Å². The van der Waals surface area contributed by atoms with Crippen molar-refractivity contribution >= 4 is 41.2 Å². The molecule has 2 N–H and O–H groups in total. The van der Waals surface area contributed by atoms with Crippen LogP contribution in [0.2, 0.25) is 0 Å². The molecule has 1 aliphatic rings. The van der Waals surface area contributed by atoms with E-state index >= 15 is 0 Å². The van der Waals surface area contributed by atoms with Gasteiger partial charge in [0.05, 0.1) is 37.7 Å². The number of imide groups is 1. The van der Waals surface area contributed by atoms with Crippen LogP contribution in [0.4, 0.5) is 0 Å². The SMILES string of the molecule is CCC(=O)CCOCCN1C(=O)CC(SCCNC(=O)CCCC(=O)OCC(OC)OC(CC)CO)C1=O. The van der Waals surface area contributed by atoms with Gasteiger partial charge in [-0.15, -0.1) is 11.8 Å². The summed E-state index contributed by atoms with van der Waals surface area (Å²) in [5.41, 5.74) is 0. The molecule has 3 atom stereocenters. The summed E-state index contributed by atoms with van der Waals surface area (Å²) in [5, 5.41) is 11.4. The van der Waals surface area contributed by atoms with Gasteiger partial charge in [-0.3, -0.25) is 28.9 Å². The summed E-state index contributed by atoms with van der Waals surface area (Å²) >= 11 is 1.31. The van der Waals surface area contributed by atoms with E-state index in [-0.39, 0.29) is 75.7 Å². The molecule has 218 valence electrons. The zero-order valence-electron chi connectivity index (χ0n) is 22.6. The minimum Gasteiger partial charge on any atom is -0.460 e. The van der Waals surface area contributed by atoms with Gasteiger partial charge < -0.3 is 29.4 Å². The van der Waals surface area contributed by atoms with E-state index in [4.69, 9.17) is 18.9 Å². The second-order valence-corrected chi connectivity index (χ2v) is 9.91. The van der Waals surface area contributed by atoms with Crippen LogP contribution in [0.5, 0.6) is 0 Å². The van der Waals surface area contributed by atoms with Crippen LogP contribution >= 0.6 is 11.8 Å². The molecule has 0 saturated carbocycles. The van der Waals surface area contributed by atoms with Crippen molar-refractivity contribution in [2.75, 3.05) is 52.4 Å². The molecule has 0 radical (unpaired) electrons. The van der Waals surface area contributed by atoms with Gasteiger partial charge in [0.2, 0.25) is 17.7 Å². The van der Waals surface area contributed by atoms with E-state index < -0.39 is 23.6 Å². The number of ketones is 1. The Morgan fingerprint density at radius 1 is 1.16 bits per heavy atom. The number of ether oxygens (including phenoxy) is 4. The zero-order valence-corrected chi connectivity index (χ0v) is 23.4. The smallest absolute Gasteiger partial charge is 0.305 e. The third-order valence-electron chi connectivity index (χ3n) is 5.76. The Bertz CT molecular complexity index is 762. The third kappa shape index (κ3) is 13.7. The number of hydrogen-bond donors (Lipinski definition) is 2. The molecule has 0 bridgehead atoms. The lowest BCUT2D eigenvalue weighted by atomic mass is 10.2. The number of nitrogens with zero attached hydrogens (tertiary/aromatic N) is 1. The molecule has 1 heterocycles. The maximum atomic E-state index is 12.5. The average Bonchev–Trinajstić information content (AvgIpc) is 3.18. The molecular weight excluding hydrogens is 520 g/mol. The maximum absolute atomic E-state index is 12.5. The first-order valence-electron chi connectivity index (χ1n) is 13.0. The van der Waals surface area contributed by atoms with E-state index in [0.717, 1.165) is 0 Å². The molecule has 0 aromatic carbocycles. The number of Topliss-reactive ketones (excluding diaryl/α,β-unsaturated/α-hetero) is 1. The first kappa shape index (κ1) is 34.0. The maximum Gasteiger partial charge on any atom is 0.305 e. The number of nitrogens with one attached hydrogen (secondary N) is 1. The molecule has 0 spiro atoms. The summed E-state index contributed by atoms with van der Waals surface area (Å²) < 4.78 is 21.0. The molecule has 0 aliphatic carbocycles. The van der Waals surface area contributed by atoms with Crippen molar-refractivity contribution in [1.82, 2.24) is 10.2 Å². The second kappa shape index (κ2) is 19.9. The van der Waals surface area contributed by atoms with Crippen molar-refractivity contribution in [1.29, 1.82) is 0 Å². The molecule has 38 heavy (non-hydrogen) atoms. The average molecular weight is 563 g/mol. The highest BCUT2D eigenvalue weighted by Crippen LogP contribution is 2.24. The summed E-state index contributed by atoms with van der Waals surface area (Å²) in [6.45, 7) is 4.33. The number of methoxy groups -OCH3 is 1. The van der Waals surface area contributed by atoms with Gasteiger partial charge in [0.25, 0.3) is 0 Å². The summed E-state index contributed by atoms with van der Waals surface area (Å²) in [6.07, 6.45) is 0.814. The minimum absolute atomic E-state index is 0.0585. The summed E-state index contributed by atoms with van der Waals surface area (Å²) in [5.74, 6) is -0.651. The lowest BCUT2D eigenvalue weighted by Crippen LogP contribution is -2.34. The van der Waals surface area contributed by atoms with E-state index in [2.05, 4.69) is 5.32 Å². The first-order valence-corrected chi connectivity index (χ1v) is 14.1. The van der Waals surface area contributed by atoms with Crippen LogP contribution in [0, 0.1) is 0 Å². The lowest BCUT2D eigenvalue weighted by Gasteiger charge is -2.21. The lowest BCUT2D eigenvalue weighted by molar-refractivity contribution is -0.194. The zero-order chi connectivity index (χ0) is 28.3. The van der Waals surface area contributed by atoms with E-state index in [1.807, 2.05) is 6.92 Å². The first-order chi connectivity index (χ1) is 18.2. The fourth-order valence-corrected chi connectivity index (χ4v) is 4.43. The monoisotopic (exact) mass is 562 g/mol. The van der Waals surface area contributed by atoms with Gasteiger partial charge in [-0.1, -0.05) is 13.8 Å². The Balaban J connectivity index is 2.15. The van der Waals surface area contributed by atoms with Crippen molar-refractivity contribution in [3.05, 3.63) is 0 Å². The number of carbonyl (C=O) groups excluding carboxylic acids is 5. The Morgan fingerprint density at radius 2 is 1.92 bits per heavy atom.